The molecule has 0 unspecified atom stereocenters. The fraction of sp³-hybridized carbons (Fsp3) is 0.611. The van der Waals surface area contributed by atoms with E-state index in [0.717, 1.165) is 37.3 Å². The van der Waals surface area contributed by atoms with Crippen molar-refractivity contribution in [2.24, 2.45) is 5.92 Å². The smallest absolute Gasteiger partial charge is 0.239 e. The van der Waals surface area contributed by atoms with Crippen LogP contribution in [-0.4, -0.2) is 42.8 Å². The zero-order valence-corrected chi connectivity index (χ0v) is 13.8. The molecule has 0 aromatic heterocycles. The van der Waals surface area contributed by atoms with Gasteiger partial charge in [-0.3, -0.25) is 4.79 Å². The summed E-state index contributed by atoms with van der Waals surface area (Å²) in [5, 5.41) is 16.0. The van der Waals surface area contributed by atoms with Gasteiger partial charge in [-0.05, 0) is 50.7 Å². The molecular formula is C18H27N3O2. The summed E-state index contributed by atoms with van der Waals surface area (Å²) in [6.45, 7) is 4.09. The molecule has 0 spiro atoms. The Hall–Kier alpha value is -1.75. The third-order valence-electron chi connectivity index (χ3n) is 4.87. The van der Waals surface area contributed by atoms with Gasteiger partial charge < -0.3 is 20.6 Å². The summed E-state index contributed by atoms with van der Waals surface area (Å²) in [7, 11) is 0. The minimum Gasteiger partial charge on any atom is -0.393 e. The van der Waals surface area contributed by atoms with Crippen molar-refractivity contribution in [1.82, 2.24) is 5.32 Å². The molecule has 5 heteroatoms. The summed E-state index contributed by atoms with van der Waals surface area (Å²) in [5.74, 6) is 0.722. The molecule has 1 aliphatic carbocycles. The number of piperidine rings is 1. The number of aliphatic hydroxyl groups excluding tert-OH is 1. The molecule has 1 saturated carbocycles. The van der Waals surface area contributed by atoms with Gasteiger partial charge in [0.05, 0.1) is 24.0 Å². The number of carbonyl (C=O) groups excluding carboxylic acids is 1. The van der Waals surface area contributed by atoms with Crippen molar-refractivity contribution in [2.45, 2.75) is 44.8 Å². The highest BCUT2D eigenvalue weighted by atomic mass is 16.3. The van der Waals surface area contributed by atoms with Crippen molar-refractivity contribution in [1.29, 1.82) is 0 Å². The molecule has 1 saturated heterocycles. The fourth-order valence-electron chi connectivity index (χ4n) is 3.20. The first-order chi connectivity index (χ1) is 11.1. The highest BCUT2D eigenvalue weighted by Gasteiger charge is 2.28. The maximum Gasteiger partial charge on any atom is 0.239 e. The van der Waals surface area contributed by atoms with E-state index in [2.05, 4.69) is 28.5 Å². The van der Waals surface area contributed by atoms with E-state index in [1.807, 2.05) is 18.2 Å². The van der Waals surface area contributed by atoms with Crippen LogP contribution in [0.25, 0.3) is 0 Å². The van der Waals surface area contributed by atoms with Gasteiger partial charge in [0.25, 0.3) is 0 Å². The maximum absolute atomic E-state index is 12.1. The lowest BCUT2D eigenvalue weighted by molar-refractivity contribution is -0.120. The van der Waals surface area contributed by atoms with Crippen molar-refractivity contribution in [3.63, 3.8) is 0 Å². The number of hydrogen-bond donors (Lipinski definition) is 3. The quantitative estimate of drug-likeness (QED) is 0.751. The minimum atomic E-state index is -0.180. The topological polar surface area (TPSA) is 64.6 Å². The average molecular weight is 317 g/mol. The Morgan fingerprint density at radius 3 is 2.65 bits per heavy atom. The number of benzene rings is 1. The van der Waals surface area contributed by atoms with Crippen LogP contribution in [0, 0.1) is 5.92 Å². The first-order valence-electron chi connectivity index (χ1n) is 8.69. The molecule has 1 aromatic rings. The molecule has 1 heterocycles. The van der Waals surface area contributed by atoms with E-state index in [4.69, 9.17) is 0 Å². The van der Waals surface area contributed by atoms with E-state index >= 15 is 0 Å². The van der Waals surface area contributed by atoms with Crippen molar-refractivity contribution < 1.29 is 9.90 Å². The monoisotopic (exact) mass is 317 g/mol. The number of nitrogens with zero attached hydrogens (tertiary/aromatic N) is 1. The van der Waals surface area contributed by atoms with Crippen molar-refractivity contribution in [2.75, 3.05) is 29.9 Å². The van der Waals surface area contributed by atoms with Gasteiger partial charge in [-0.1, -0.05) is 12.1 Å². The second kappa shape index (κ2) is 7.21. The van der Waals surface area contributed by atoms with Gasteiger partial charge in [-0.15, -0.1) is 0 Å². The summed E-state index contributed by atoms with van der Waals surface area (Å²) >= 11 is 0. The summed E-state index contributed by atoms with van der Waals surface area (Å²) in [6.07, 6.45) is 3.89. The van der Waals surface area contributed by atoms with E-state index in [-0.39, 0.29) is 18.1 Å². The lowest BCUT2D eigenvalue weighted by atomic mass is 10.1. The highest BCUT2D eigenvalue weighted by molar-refractivity contribution is 5.83. The van der Waals surface area contributed by atoms with Gasteiger partial charge in [0.2, 0.25) is 5.91 Å². The molecule has 2 aliphatic rings. The van der Waals surface area contributed by atoms with E-state index < -0.39 is 0 Å². The number of amides is 1. The zero-order valence-electron chi connectivity index (χ0n) is 13.8. The lowest BCUT2D eigenvalue weighted by Gasteiger charge is -2.33. The molecule has 3 rings (SSSR count). The Kier molecular flexibility index (Phi) is 5.06. The fourth-order valence-corrected chi connectivity index (χ4v) is 3.20. The van der Waals surface area contributed by atoms with Crippen LogP contribution in [0.2, 0.25) is 0 Å². The average Bonchev–Trinajstić information content (AvgIpc) is 3.39. The molecule has 5 nitrogen and oxygen atoms in total. The second-order valence-electron chi connectivity index (χ2n) is 6.78. The van der Waals surface area contributed by atoms with Crippen LogP contribution < -0.4 is 15.5 Å². The molecule has 1 atom stereocenters. The number of nitrogens with one attached hydrogen (secondary N) is 2. The van der Waals surface area contributed by atoms with Gasteiger partial charge >= 0.3 is 0 Å². The summed E-state index contributed by atoms with van der Waals surface area (Å²) in [5.41, 5.74) is 2.10. The Balaban J connectivity index is 1.56. The molecule has 23 heavy (non-hydrogen) atoms. The van der Waals surface area contributed by atoms with Crippen LogP contribution in [0.4, 0.5) is 11.4 Å². The molecule has 1 amide bonds. The normalized spacial score (nSPS) is 20.2. The Morgan fingerprint density at radius 1 is 1.26 bits per heavy atom. The van der Waals surface area contributed by atoms with Crippen molar-refractivity contribution in [3.05, 3.63) is 24.3 Å². The molecule has 1 aromatic carbocycles. The Morgan fingerprint density at radius 2 is 1.96 bits per heavy atom. The van der Waals surface area contributed by atoms with Crippen molar-refractivity contribution in [3.8, 4) is 0 Å². The summed E-state index contributed by atoms with van der Waals surface area (Å²) < 4.78 is 0. The van der Waals surface area contributed by atoms with E-state index in [1.165, 1.54) is 12.8 Å². The van der Waals surface area contributed by atoms with Gasteiger partial charge in [-0.25, -0.2) is 0 Å². The van der Waals surface area contributed by atoms with Crippen LogP contribution in [0.15, 0.2) is 24.3 Å². The molecule has 0 bridgehead atoms. The maximum atomic E-state index is 12.1. The highest BCUT2D eigenvalue weighted by Crippen LogP contribution is 2.32. The lowest BCUT2D eigenvalue weighted by Crippen LogP contribution is -2.38. The van der Waals surface area contributed by atoms with Crippen LogP contribution >= 0.6 is 0 Å². The predicted octanol–water partition coefficient (Wildman–Crippen LogP) is 1.97. The first-order valence-corrected chi connectivity index (χ1v) is 8.69. The van der Waals surface area contributed by atoms with Gasteiger partial charge in [0.15, 0.2) is 0 Å². The number of aliphatic hydroxyl groups is 1. The summed E-state index contributed by atoms with van der Waals surface area (Å²) in [6, 6.07) is 8.36. The van der Waals surface area contributed by atoms with Crippen molar-refractivity contribution >= 4 is 17.3 Å². The van der Waals surface area contributed by atoms with Crippen LogP contribution in [0.1, 0.15) is 32.6 Å². The Bertz CT molecular complexity index is 537. The van der Waals surface area contributed by atoms with E-state index in [1.54, 1.807) is 0 Å². The SMILES string of the molecule is C[C@@H](NC(=O)CNc1ccccc1N1CCC(O)CC1)C1CC1. The third-order valence-corrected chi connectivity index (χ3v) is 4.87. The summed E-state index contributed by atoms with van der Waals surface area (Å²) in [4.78, 5) is 14.3. The molecule has 126 valence electrons. The molecule has 3 N–H and O–H groups in total. The molecular weight excluding hydrogens is 290 g/mol. The number of rotatable bonds is 6. The van der Waals surface area contributed by atoms with Crippen LogP contribution in [0.5, 0.6) is 0 Å². The second-order valence-corrected chi connectivity index (χ2v) is 6.78. The third kappa shape index (κ3) is 4.38. The molecule has 1 aliphatic heterocycles. The van der Waals surface area contributed by atoms with E-state index in [9.17, 15) is 9.90 Å². The van der Waals surface area contributed by atoms with Gasteiger partial charge in [-0.2, -0.15) is 0 Å². The Labute approximate surface area is 138 Å². The standard InChI is InChI=1S/C18H27N3O2/c1-13(14-6-7-14)20-18(23)12-19-16-4-2-3-5-17(16)21-10-8-15(22)9-11-21/h2-5,13-15,19,22H,6-12H2,1H3,(H,20,23)/t13-/m1/s1. The van der Waals surface area contributed by atoms with Gasteiger partial charge in [0, 0.05) is 19.1 Å². The first kappa shape index (κ1) is 16.1. The minimum absolute atomic E-state index is 0.0493. The largest absolute Gasteiger partial charge is 0.393 e. The van der Waals surface area contributed by atoms with Crippen LogP contribution in [0.3, 0.4) is 0 Å². The van der Waals surface area contributed by atoms with Gasteiger partial charge in [0.1, 0.15) is 0 Å². The predicted molar refractivity (Wildman–Crippen MR) is 92.7 cm³/mol. The zero-order chi connectivity index (χ0) is 16.2. The number of carbonyl (C=O) groups is 1. The van der Waals surface area contributed by atoms with Crippen LogP contribution in [-0.2, 0) is 4.79 Å². The number of hydrogen-bond acceptors (Lipinski definition) is 4. The number of anilines is 2. The molecule has 2 fully saturated rings. The molecule has 0 radical (unpaired) electrons. The number of para-hydroxylation sites is 2. The van der Waals surface area contributed by atoms with E-state index in [0.29, 0.717) is 12.5 Å².